The highest BCUT2D eigenvalue weighted by atomic mass is 32.2. The summed E-state index contributed by atoms with van der Waals surface area (Å²) in [7, 11) is 1.59. The maximum absolute atomic E-state index is 10.7. The number of anilines is 1. The van der Waals surface area contributed by atoms with Gasteiger partial charge in [-0.15, -0.1) is 10.2 Å². The van der Waals surface area contributed by atoms with Crippen LogP contribution in [0.2, 0.25) is 0 Å². The first kappa shape index (κ1) is 10.7. The third kappa shape index (κ3) is 2.32. The van der Waals surface area contributed by atoms with Crippen LogP contribution in [0.3, 0.4) is 0 Å². The van der Waals surface area contributed by atoms with E-state index in [0.717, 1.165) is 5.75 Å². The first-order valence-corrected chi connectivity index (χ1v) is 4.96. The van der Waals surface area contributed by atoms with Gasteiger partial charge >= 0.3 is 5.97 Å². The lowest BCUT2D eigenvalue weighted by molar-refractivity contribution is 0.0689. The quantitative estimate of drug-likeness (QED) is 0.714. The molecule has 0 saturated heterocycles. The molecule has 0 aliphatic carbocycles. The predicted octanol–water partition coefficient (Wildman–Crippen LogP) is 0.723. The Kier molecular flexibility index (Phi) is 3.63. The first-order valence-electron chi connectivity index (χ1n) is 3.97. The minimum atomic E-state index is -1.14. The van der Waals surface area contributed by atoms with Crippen molar-refractivity contribution in [2.45, 2.75) is 12.1 Å². The van der Waals surface area contributed by atoms with E-state index >= 15 is 0 Å². The fourth-order valence-electron chi connectivity index (χ4n) is 0.820. The summed E-state index contributed by atoms with van der Waals surface area (Å²) < 4.78 is 0. The summed E-state index contributed by atoms with van der Waals surface area (Å²) in [6.45, 7) is 1.96. The number of aromatic carboxylic acids is 1. The number of nitrogens with zero attached hydrogens (tertiary/aromatic N) is 3. The summed E-state index contributed by atoms with van der Waals surface area (Å²) in [5.41, 5.74) is -0.159. The Balaban J connectivity index is 3.05. The van der Waals surface area contributed by atoms with Gasteiger partial charge in [0.05, 0.1) is 0 Å². The summed E-state index contributed by atoms with van der Waals surface area (Å²) >= 11 is 1.41. The summed E-state index contributed by atoms with van der Waals surface area (Å²) in [5, 5.41) is 19.1. The molecular weight excluding hydrogens is 204 g/mol. The monoisotopic (exact) mass is 214 g/mol. The summed E-state index contributed by atoms with van der Waals surface area (Å²) in [4.78, 5) is 14.7. The fraction of sp³-hybridized carbons (Fsp3) is 0.429. The maximum atomic E-state index is 10.7. The van der Waals surface area contributed by atoms with Gasteiger partial charge < -0.3 is 10.4 Å². The second-order valence-electron chi connectivity index (χ2n) is 2.28. The molecule has 0 saturated carbocycles. The van der Waals surface area contributed by atoms with Crippen LogP contribution in [-0.4, -0.2) is 39.1 Å². The van der Waals surface area contributed by atoms with Crippen LogP contribution >= 0.6 is 11.8 Å². The van der Waals surface area contributed by atoms with Crippen molar-refractivity contribution < 1.29 is 9.90 Å². The van der Waals surface area contributed by atoms with Gasteiger partial charge in [-0.2, -0.15) is 0 Å². The second kappa shape index (κ2) is 4.75. The van der Waals surface area contributed by atoms with Crippen molar-refractivity contribution in [1.82, 2.24) is 15.2 Å². The molecule has 0 unspecified atom stereocenters. The van der Waals surface area contributed by atoms with Crippen molar-refractivity contribution in [2.24, 2.45) is 0 Å². The van der Waals surface area contributed by atoms with E-state index in [4.69, 9.17) is 5.11 Å². The summed E-state index contributed by atoms with van der Waals surface area (Å²) in [5.74, 6) is -0.0806. The molecule has 0 radical (unpaired) electrons. The summed E-state index contributed by atoms with van der Waals surface area (Å²) in [6.07, 6.45) is 0. The molecule has 0 aliphatic rings. The molecule has 1 aromatic rings. The lowest BCUT2D eigenvalue weighted by atomic mass is 10.4. The number of carboxylic acid groups (broad SMARTS) is 1. The molecule has 76 valence electrons. The molecule has 6 nitrogen and oxygen atoms in total. The number of thioether (sulfide) groups is 1. The SMILES string of the molecule is CCSc1nnc(C(=O)O)c(NC)n1. The number of rotatable bonds is 4. The topological polar surface area (TPSA) is 88.0 Å². The lowest BCUT2D eigenvalue weighted by Crippen LogP contribution is -2.10. The van der Waals surface area contributed by atoms with E-state index < -0.39 is 5.97 Å². The summed E-state index contributed by atoms with van der Waals surface area (Å²) in [6, 6.07) is 0. The smallest absolute Gasteiger partial charge is 0.360 e. The third-order valence-electron chi connectivity index (χ3n) is 1.38. The van der Waals surface area contributed by atoms with E-state index in [0.29, 0.717) is 5.16 Å². The predicted molar refractivity (Wildman–Crippen MR) is 52.7 cm³/mol. The fourth-order valence-corrected chi connectivity index (χ4v) is 1.33. The van der Waals surface area contributed by atoms with Crippen LogP contribution in [0.15, 0.2) is 5.16 Å². The van der Waals surface area contributed by atoms with E-state index in [1.165, 1.54) is 11.8 Å². The zero-order valence-electron chi connectivity index (χ0n) is 7.81. The van der Waals surface area contributed by atoms with Crippen LogP contribution in [-0.2, 0) is 0 Å². The molecular formula is C7H10N4O2S. The minimum Gasteiger partial charge on any atom is -0.476 e. The molecule has 7 heteroatoms. The van der Waals surface area contributed by atoms with Crippen molar-refractivity contribution in [3.05, 3.63) is 5.69 Å². The Morgan fingerprint density at radius 3 is 2.79 bits per heavy atom. The molecule has 1 aromatic heterocycles. The van der Waals surface area contributed by atoms with Gasteiger partial charge in [0.15, 0.2) is 5.82 Å². The van der Waals surface area contributed by atoms with E-state index in [1.54, 1.807) is 7.05 Å². The van der Waals surface area contributed by atoms with Gasteiger partial charge in [-0.1, -0.05) is 18.7 Å². The van der Waals surface area contributed by atoms with E-state index in [-0.39, 0.29) is 11.5 Å². The largest absolute Gasteiger partial charge is 0.476 e. The van der Waals surface area contributed by atoms with Crippen molar-refractivity contribution >= 4 is 23.5 Å². The van der Waals surface area contributed by atoms with Crippen LogP contribution in [0.1, 0.15) is 17.4 Å². The average Bonchev–Trinajstić information content (AvgIpc) is 2.17. The van der Waals surface area contributed by atoms with Crippen LogP contribution < -0.4 is 5.32 Å². The third-order valence-corrected chi connectivity index (χ3v) is 2.10. The Labute approximate surface area is 85.1 Å². The number of carbonyl (C=O) groups is 1. The molecule has 0 bridgehead atoms. The number of aromatic nitrogens is 3. The van der Waals surface area contributed by atoms with Crippen LogP contribution in [0, 0.1) is 0 Å². The standard InChI is InChI=1S/C7H10N4O2S/c1-3-14-7-9-5(8-2)4(6(12)13)10-11-7/h3H2,1-2H3,(H,12,13)(H,8,9,11). The first-order chi connectivity index (χ1) is 6.69. The van der Waals surface area contributed by atoms with Gasteiger partial charge in [0.25, 0.3) is 0 Å². The Bertz CT molecular complexity index is 344. The van der Waals surface area contributed by atoms with Crippen LogP contribution in [0.25, 0.3) is 0 Å². The molecule has 0 amide bonds. The Morgan fingerprint density at radius 2 is 2.29 bits per heavy atom. The highest BCUT2D eigenvalue weighted by molar-refractivity contribution is 7.99. The average molecular weight is 214 g/mol. The van der Waals surface area contributed by atoms with Crippen molar-refractivity contribution in [3.63, 3.8) is 0 Å². The van der Waals surface area contributed by atoms with Crippen molar-refractivity contribution in [1.29, 1.82) is 0 Å². The Hall–Kier alpha value is -1.37. The Morgan fingerprint density at radius 1 is 1.57 bits per heavy atom. The van der Waals surface area contributed by atoms with Gasteiger partial charge in [0, 0.05) is 7.05 Å². The number of nitrogens with one attached hydrogen (secondary N) is 1. The molecule has 14 heavy (non-hydrogen) atoms. The van der Waals surface area contributed by atoms with E-state index in [2.05, 4.69) is 20.5 Å². The molecule has 0 spiro atoms. The second-order valence-corrected chi connectivity index (χ2v) is 3.51. The van der Waals surface area contributed by atoms with E-state index in [9.17, 15) is 4.79 Å². The van der Waals surface area contributed by atoms with Crippen LogP contribution in [0.5, 0.6) is 0 Å². The maximum Gasteiger partial charge on any atom is 0.360 e. The van der Waals surface area contributed by atoms with Gasteiger partial charge in [0.1, 0.15) is 0 Å². The van der Waals surface area contributed by atoms with Gasteiger partial charge in [-0.05, 0) is 5.75 Å². The minimum absolute atomic E-state index is 0.159. The molecule has 2 N–H and O–H groups in total. The van der Waals surface area contributed by atoms with Gasteiger partial charge in [0.2, 0.25) is 10.9 Å². The molecule has 1 heterocycles. The zero-order valence-corrected chi connectivity index (χ0v) is 8.63. The highest BCUT2D eigenvalue weighted by Crippen LogP contribution is 2.15. The van der Waals surface area contributed by atoms with Gasteiger partial charge in [-0.3, -0.25) is 0 Å². The zero-order chi connectivity index (χ0) is 10.6. The normalized spacial score (nSPS) is 9.86. The highest BCUT2D eigenvalue weighted by Gasteiger charge is 2.14. The molecule has 0 atom stereocenters. The molecule has 1 rings (SSSR count). The van der Waals surface area contributed by atoms with Crippen molar-refractivity contribution in [2.75, 3.05) is 18.1 Å². The van der Waals surface area contributed by atoms with E-state index in [1.807, 2.05) is 6.92 Å². The molecule has 0 fully saturated rings. The molecule has 0 aliphatic heterocycles. The molecule has 0 aromatic carbocycles. The lowest BCUT2D eigenvalue weighted by Gasteiger charge is -2.03. The van der Waals surface area contributed by atoms with Crippen LogP contribution in [0.4, 0.5) is 5.82 Å². The van der Waals surface area contributed by atoms with Crippen molar-refractivity contribution in [3.8, 4) is 0 Å². The van der Waals surface area contributed by atoms with Gasteiger partial charge in [-0.25, -0.2) is 9.78 Å². The number of hydrogen-bond acceptors (Lipinski definition) is 6. The number of hydrogen-bond donors (Lipinski definition) is 2. The number of carboxylic acids is 1.